The number of hydrogen-bond acceptors (Lipinski definition) is 5. The van der Waals surface area contributed by atoms with Gasteiger partial charge in [0.05, 0.1) is 18.7 Å². The highest BCUT2D eigenvalue weighted by Crippen LogP contribution is 2.25. The number of pyridine rings is 1. The van der Waals surface area contributed by atoms with E-state index in [-0.39, 0.29) is 22.9 Å². The number of carbonyl (C=O) groups is 1. The lowest BCUT2D eigenvalue weighted by atomic mass is 10.0. The summed E-state index contributed by atoms with van der Waals surface area (Å²) in [7, 11) is 0. The van der Waals surface area contributed by atoms with Crippen LogP contribution in [0.4, 0.5) is 0 Å². The predicted molar refractivity (Wildman–Crippen MR) is 138 cm³/mol. The summed E-state index contributed by atoms with van der Waals surface area (Å²) >= 11 is 5.97. The van der Waals surface area contributed by atoms with Gasteiger partial charge in [-0.3, -0.25) is 14.5 Å². The molecule has 3 aromatic rings. The number of halogens is 1. The summed E-state index contributed by atoms with van der Waals surface area (Å²) in [6.07, 6.45) is 3.68. The number of nitrogens with one attached hydrogen (secondary N) is 2. The minimum absolute atomic E-state index is 0.188. The van der Waals surface area contributed by atoms with Gasteiger partial charge in [-0.25, -0.2) is 0 Å². The molecule has 0 radical (unpaired) electrons. The molecule has 35 heavy (non-hydrogen) atoms. The molecule has 0 saturated carbocycles. The summed E-state index contributed by atoms with van der Waals surface area (Å²) in [6.45, 7) is 6.16. The van der Waals surface area contributed by atoms with Gasteiger partial charge in [0, 0.05) is 48.8 Å². The maximum absolute atomic E-state index is 13.6. The Morgan fingerprint density at radius 2 is 1.77 bits per heavy atom. The Kier molecular flexibility index (Phi) is 7.48. The third kappa shape index (κ3) is 5.59. The molecule has 0 spiro atoms. The van der Waals surface area contributed by atoms with Crippen LogP contribution in [0.3, 0.4) is 0 Å². The second-order valence-corrected chi connectivity index (χ2v) is 9.75. The monoisotopic (exact) mass is 494 g/mol. The fourth-order valence-electron chi connectivity index (χ4n) is 4.95. The van der Waals surface area contributed by atoms with Gasteiger partial charge in [-0.15, -0.1) is 0 Å². The standard InChI is InChI=1S/C27H31ClN4O3/c28-21-4-1-19(2-5-21)16-30-27(34)24-18-32(22-7-9-29-10-8-22)25-6-3-20(15-23(25)26(24)33)17-31-11-13-35-14-12-31/h1-6,15,18,22,29H,7-14,16-17H2,(H,30,34). The molecule has 7 nitrogen and oxygen atoms in total. The second kappa shape index (κ2) is 10.9. The highest BCUT2D eigenvalue weighted by Gasteiger charge is 2.22. The fourth-order valence-corrected chi connectivity index (χ4v) is 5.07. The van der Waals surface area contributed by atoms with Crippen molar-refractivity contribution < 1.29 is 9.53 Å². The molecule has 1 aromatic heterocycles. The second-order valence-electron chi connectivity index (χ2n) is 9.31. The van der Waals surface area contributed by atoms with Crippen molar-refractivity contribution in [3.63, 3.8) is 0 Å². The van der Waals surface area contributed by atoms with Crippen LogP contribution in [-0.2, 0) is 17.8 Å². The number of amides is 1. The first-order valence-electron chi connectivity index (χ1n) is 12.3. The smallest absolute Gasteiger partial charge is 0.257 e. The minimum Gasteiger partial charge on any atom is -0.379 e. The number of morpholine rings is 1. The van der Waals surface area contributed by atoms with Crippen LogP contribution in [0, 0.1) is 0 Å². The van der Waals surface area contributed by atoms with E-state index in [0.717, 1.165) is 75.4 Å². The van der Waals surface area contributed by atoms with Gasteiger partial charge in [0.1, 0.15) is 5.56 Å². The van der Waals surface area contributed by atoms with Crippen molar-refractivity contribution in [3.8, 4) is 0 Å². The van der Waals surface area contributed by atoms with Gasteiger partial charge in [0.15, 0.2) is 0 Å². The van der Waals surface area contributed by atoms with Crippen LogP contribution in [0.1, 0.15) is 40.4 Å². The summed E-state index contributed by atoms with van der Waals surface area (Å²) in [5, 5.41) is 7.57. The molecule has 2 saturated heterocycles. The minimum atomic E-state index is -0.354. The number of benzene rings is 2. The van der Waals surface area contributed by atoms with E-state index in [1.54, 1.807) is 18.3 Å². The zero-order chi connectivity index (χ0) is 24.2. The summed E-state index contributed by atoms with van der Waals surface area (Å²) < 4.78 is 7.61. The van der Waals surface area contributed by atoms with Crippen LogP contribution in [-0.4, -0.2) is 54.8 Å². The molecule has 0 aliphatic carbocycles. The van der Waals surface area contributed by atoms with Gasteiger partial charge >= 0.3 is 0 Å². The molecule has 184 valence electrons. The van der Waals surface area contributed by atoms with Gasteiger partial charge in [-0.05, 0) is 61.3 Å². The molecule has 2 aliphatic rings. The van der Waals surface area contributed by atoms with Crippen LogP contribution in [0.5, 0.6) is 0 Å². The maximum Gasteiger partial charge on any atom is 0.257 e. The molecule has 8 heteroatoms. The van der Waals surface area contributed by atoms with E-state index in [4.69, 9.17) is 16.3 Å². The van der Waals surface area contributed by atoms with Crippen molar-refractivity contribution in [2.75, 3.05) is 39.4 Å². The highest BCUT2D eigenvalue weighted by atomic mass is 35.5. The molecular weight excluding hydrogens is 464 g/mol. The van der Waals surface area contributed by atoms with Gasteiger partial charge in [0.25, 0.3) is 5.91 Å². The van der Waals surface area contributed by atoms with Crippen LogP contribution < -0.4 is 16.1 Å². The third-order valence-electron chi connectivity index (χ3n) is 6.92. The number of aromatic nitrogens is 1. The lowest BCUT2D eigenvalue weighted by Crippen LogP contribution is -2.35. The SMILES string of the molecule is O=C(NCc1ccc(Cl)cc1)c1cn(C2CCNCC2)c2ccc(CN3CCOCC3)cc2c1=O. The quantitative estimate of drug-likeness (QED) is 0.549. The molecule has 2 aromatic carbocycles. The number of rotatable bonds is 6. The van der Waals surface area contributed by atoms with E-state index in [1.165, 1.54) is 0 Å². The molecule has 3 heterocycles. The predicted octanol–water partition coefficient (Wildman–Crippen LogP) is 3.34. The molecule has 2 N–H and O–H groups in total. The van der Waals surface area contributed by atoms with E-state index in [2.05, 4.69) is 26.2 Å². The van der Waals surface area contributed by atoms with Crippen LogP contribution in [0.25, 0.3) is 10.9 Å². The lowest BCUT2D eigenvalue weighted by molar-refractivity contribution is 0.0342. The van der Waals surface area contributed by atoms with Crippen molar-refractivity contribution in [2.24, 2.45) is 0 Å². The Bertz CT molecular complexity index is 1250. The summed E-state index contributed by atoms with van der Waals surface area (Å²) in [5.41, 5.74) is 2.86. The molecule has 2 fully saturated rings. The largest absolute Gasteiger partial charge is 0.379 e. The average Bonchev–Trinajstić information content (AvgIpc) is 2.90. The Labute approximate surface area is 210 Å². The molecule has 0 bridgehead atoms. The van der Waals surface area contributed by atoms with Crippen molar-refractivity contribution >= 4 is 28.4 Å². The number of ether oxygens (including phenoxy) is 1. The third-order valence-corrected chi connectivity index (χ3v) is 7.17. The molecular formula is C27H31ClN4O3. The number of hydrogen-bond donors (Lipinski definition) is 2. The summed E-state index contributed by atoms with van der Waals surface area (Å²) in [5.74, 6) is -0.354. The van der Waals surface area contributed by atoms with Crippen LogP contribution in [0.2, 0.25) is 5.02 Å². The first-order chi connectivity index (χ1) is 17.1. The van der Waals surface area contributed by atoms with E-state index < -0.39 is 0 Å². The zero-order valence-electron chi connectivity index (χ0n) is 19.8. The number of carbonyl (C=O) groups excluding carboxylic acids is 1. The Morgan fingerprint density at radius 1 is 1.06 bits per heavy atom. The molecule has 0 unspecified atom stereocenters. The van der Waals surface area contributed by atoms with E-state index in [9.17, 15) is 9.59 Å². The molecule has 5 rings (SSSR count). The average molecular weight is 495 g/mol. The van der Waals surface area contributed by atoms with E-state index in [1.807, 2.05) is 24.3 Å². The highest BCUT2D eigenvalue weighted by molar-refractivity contribution is 6.30. The van der Waals surface area contributed by atoms with Crippen molar-refractivity contribution in [3.05, 3.63) is 80.6 Å². The molecule has 2 aliphatic heterocycles. The lowest BCUT2D eigenvalue weighted by Gasteiger charge is -2.28. The number of fused-ring (bicyclic) bond motifs is 1. The molecule has 0 atom stereocenters. The first-order valence-corrected chi connectivity index (χ1v) is 12.7. The van der Waals surface area contributed by atoms with Gasteiger partial charge in [0.2, 0.25) is 5.43 Å². The van der Waals surface area contributed by atoms with Gasteiger partial charge in [-0.1, -0.05) is 29.8 Å². The Balaban J connectivity index is 1.48. The Hall–Kier alpha value is -2.71. The normalized spacial score (nSPS) is 17.5. The zero-order valence-corrected chi connectivity index (χ0v) is 20.5. The van der Waals surface area contributed by atoms with Crippen molar-refractivity contribution in [1.82, 2.24) is 20.1 Å². The van der Waals surface area contributed by atoms with Crippen LogP contribution >= 0.6 is 11.6 Å². The first kappa shape index (κ1) is 24.0. The topological polar surface area (TPSA) is 75.6 Å². The summed E-state index contributed by atoms with van der Waals surface area (Å²) in [4.78, 5) is 29.1. The van der Waals surface area contributed by atoms with E-state index >= 15 is 0 Å². The molecule has 1 amide bonds. The summed E-state index contributed by atoms with van der Waals surface area (Å²) in [6, 6.07) is 13.7. The Morgan fingerprint density at radius 3 is 2.51 bits per heavy atom. The van der Waals surface area contributed by atoms with Crippen LogP contribution in [0.15, 0.2) is 53.5 Å². The van der Waals surface area contributed by atoms with Gasteiger partial charge in [-0.2, -0.15) is 0 Å². The van der Waals surface area contributed by atoms with Crippen molar-refractivity contribution in [2.45, 2.75) is 32.0 Å². The fraction of sp³-hybridized carbons (Fsp3) is 0.407. The number of piperidine rings is 1. The van der Waals surface area contributed by atoms with E-state index in [0.29, 0.717) is 17.0 Å². The number of nitrogens with zero attached hydrogens (tertiary/aromatic N) is 2. The van der Waals surface area contributed by atoms with Crippen molar-refractivity contribution in [1.29, 1.82) is 0 Å². The van der Waals surface area contributed by atoms with Gasteiger partial charge < -0.3 is 19.9 Å². The maximum atomic E-state index is 13.6.